The molecule has 78 valence electrons. The first-order valence-corrected chi connectivity index (χ1v) is 4.60. The molecule has 0 saturated carbocycles. The number of hydrogen-bond acceptors (Lipinski definition) is 4. The van der Waals surface area contributed by atoms with Gasteiger partial charge in [-0.05, 0) is 12.1 Å². The molecule has 0 aliphatic carbocycles. The molecule has 1 aromatic heterocycles. The van der Waals surface area contributed by atoms with Gasteiger partial charge in [0.2, 0.25) is 0 Å². The van der Waals surface area contributed by atoms with Gasteiger partial charge in [-0.2, -0.15) is 5.10 Å². The predicted molar refractivity (Wildman–Crippen MR) is 57.3 cm³/mol. The van der Waals surface area contributed by atoms with Gasteiger partial charge in [0, 0.05) is 6.07 Å². The van der Waals surface area contributed by atoms with Crippen LogP contribution in [-0.2, 0) is 0 Å². The van der Waals surface area contributed by atoms with Crippen LogP contribution in [0.1, 0.15) is 0 Å². The predicted octanol–water partition coefficient (Wildman–Crippen LogP) is 1.51. The van der Waals surface area contributed by atoms with Gasteiger partial charge in [-0.1, -0.05) is 11.6 Å². The Balaban J connectivity index is 2.51. The SMILES string of the molecule is COc1ccc(Cl)c(-n2ncc(N)n2)c1. The van der Waals surface area contributed by atoms with Crippen molar-refractivity contribution in [2.24, 2.45) is 0 Å². The Morgan fingerprint density at radius 2 is 2.27 bits per heavy atom. The van der Waals surface area contributed by atoms with E-state index in [-0.39, 0.29) is 0 Å². The molecular formula is C9H9ClN4O. The third kappa shape index (κ3) is 1.87. The molecule has 2 N–H and O–H groups in total. The maximum atomic E-state index is 6.00. The standard InChI is InChI=1S/C9H9ClN4O/c1-15-6-2-3-7(10)8(4-6)14-12-5-9(11)13-14/h2-5H,1H3,(H2,11,13). The van der Waals surface area contributed by atoms with Crippen molar-refractivity contribution in [3.05, 3.63) is 29.4 Å². The van der Waals surface area contributed by atoms with Gasteiger partial charge in [0.1, 0.15) is 11.4 Å². The van der Waals surface area contributed by atoms with Gasteiger partial charge in [0.15, 0.2) is 5.82 Å². The van der Waals surface area contributed by atoms with E-state index in [4.69, 9.17) is 22.1 Å². The van der Waals surface area contributed by atoms with Gasteiger partial charge in [-0.15, -0.1) is 9.90 Å². The molecule has 0 amide bonds. The highest BCUT2D eigenvalue weighted by atomic mass is 35.5. The molecule has 2 rings (SSSR count). The summed E-state index contributed by atoms with van der Waals surface area (Å²) in [5.74, 6) is 1.03. The zero-order valence-corrected chi connectivity index (χ0v) is 8.77. The van der Waals surface area contributed by atoms with E-state index >= 15 is 0 Å². The van der Waals surface area contributed by atoms with Crippen LogP contribution in [0.25, 0.3) is 5.69 Å². The lowest BCUT2D eigenvalue weighted by atomic mass is 10.3. The lowest BCUT2D eigenvalue weighted by Crippen LogP contribution is -2.00. The zero-order chi connectivity index (χ0) is 10.8. The van der Waals surface area contributed by atoms with Gasteiger partial charge in [0.25, 0.3) is 0 Å². The van der Waals surface area contributed by atoms with Crippen LogP contribution in [0.5, 0.6) is 5.75 Å². The molecule has 0 spiro atoms. The number of methoxy groups -OCH3 is 1. The third-order valence-corrected chi connectivity index (χ3v) is 2.20. The molecule has 0 aliphatic heterocycles. The Labute approximate surface area is 91.4 Å². The van der Waals surface area contributed by atoms with Crippen molar-refractivity contribution >= 4 is 17.4 Å². The largest absolute Gasteiger partial charge is 0.497 e. The van der Waals surface area contributed by atoms with Crippen LogP contribution in [0.15, 0.2) is 24.4 Å². The number of hydrogen-bond donors (Lipinski definition) is 1. The van der Waals surface area contributed by atoms with Crippen LogP contribution in [0.4, 0.5) is 5.82 Å². The fourth-order valence-electron chi connectivity index (χ4n) is 1.16. The molecule has 5 nitrogen and oxygen atoms in total. The lowest BCUT2D eigenvalue weighted by Gasteiger charge is -2.05. The minimum atomic E-state index is 0.342. The first-order chi connectivity index (χ1) is 7.20. The molecular weight excluding hydrogens is 216 g/mol. The van der Waals surface area contributed by atoms with Gasteiger partial charge in [-0.25, -0.2) is 0 Å². The highest BCUT2D eigenvalue weighted by Gasteiger charge is 2.07. The molecule has 1 heterocycles. The van der Waals surface area contributed by atoms with Crippen LogP contribution < -0.4 is 10.5 Å². The van der Waals surface area contributed by atoms with E-state index in [1.165, 1.54) is 11.0 Å². The quantitative estimate of drug-likeness (QED) is 0.840. The van der Waals surface area contributed by atoms with Crippen molar-refractivity contribution in [1.82, 2.24) is 15.0 Å². The average molecular weight is 225 g/mol. The maximum Gasteiger partial charge on any atom is 0.166 e. The monoisotopic (exact) mass is 224 g/mol. The van der Waals surface area contributed by atoms with E-state index in [1.807, 2.05) is 0 Å². The summed E-state index contributed by atoms with van der Waals surface area (Å²) in [7, 11) is 1.58. The Morgan fingerprint density at radius 3 is 2.87 bits per heavy atom. The number of ether oxygens (including phenoxy) is 1. The fourth-order valence-corrected chi connectivity index (χ4v) is 1.36. The molecule has 6 heteroatoms. The summed E-state index contributed by atoms with van der Waals surface area (Å²) in [5.41, 5.74) is 6.10. The summed E-state index contributed by atoms with van der Waals surface area (Å²) in [5, 5.41) is 8.46. The molecule has 0 unspecified atom stereocenters. The van der Waals surface area contributed by atoms with E-state index < -0.39 is 0 Å². The van der Waals surface area contributed by atoms with Crippen molar-refractivity contribution in [2.75, 3.05) is 12.8 Å². The third-order valence-electron chi connectivity index (χ3n) is 1.88. The van der Waals surface area contributed by atoms with Crippen molar-refractivity contribution in [3.63, 3.8) is 0 Å². The summed E-state index contributed by atoms with van der Waals surface area (Å²) in [6.45, 7) is 0. The summed E-state index contributed by atoms with van der Waals surface area (Å²) in [6, 6.07) is 5.22. The van der Waals surface area contributed by atoms with E-state index in [0.717, 1.165) is 0 Å². The minimum absolute atomic E-state index is 0.342. The first kappa shape index (κ1) is 9.79. The number of nitrogen functional groups attached to an aromatic ring is 1. The zero-order valence-electron chi connectivity index (χ0n) is 8.01. The van der Waals surface area contributed by atoms with Crippen molar-refractivity contribution in [2.45, 2.75) is 0 Å². The Hall–Kier alpha value is -1.75. The molecule has 15 heavy (non-hydrogen) atoms. The highest BCUT2D eigenvalue weighted by molar-refractivity contribution is 6.32. The molecule has 0 fully saturated rings. The summed E-state index contributed by atoms with van der Waals surface area (Å²) >= 11 is 6.00. The van der Waals surface area contributed by atoms with E-state index in [0.29, 0.717) is 22.3 Å². The topological polar surface area (TPSA) is 66.0 Å². The Morgan fingerprint density at radius 1 is 1.47 bits per heavy atom. The van der Waals surface area contributed by atoms with Crippen molar-refractivity contribution in [3.8, 4) is 11.4 Å². The second-order valence-electron chi connectivity index (χ2n) is 2.88. The van der Waals surface area contributed by atoms with Crippen LogP contribution >= 0.6 is 11.6 Å². The summed E-state index contributed by atoms with van der Waals surface area (Å²) < 4.78 is 5.08. The Bertz CT molecular complexity index is 483. The van der Waals surface area contributed by atoms with Gasteiger partial charge >= 0.3 is 0 Å². The molecule has 1 aromatic carbocycles. The van der Waals surface area contributed by atoms with Crippen LogP contribution in [0.2, 0.25) is 5.02 Å². The second-order valence-corrected chi connectivity index (χ2v) is 3.28. The minimum Gasteiger partial charge on any atom is -0.497 e. The van der Waals surface area contributed by atoms with E-state index in [1.54, 1.807) is 25.3 Å². The highest BCUT2D eigenvalue weighted by Crippen LogP contribution is 2.24. The van der Waals surface area contributed by atoms with Crippen LogP contribution in [0.3, 0.4) is 0 Å². The number of rotatable bonds is 2. The van der Waals surface area contributed by atoms with Crippen molar-refractivity contribution < 1.29 is 4.74 Å². The van der Waals surface area contributed by atoms with Gasteiger partial charge in [0.05, 0.1) is 18.3 Å². The molecule has 0 bridgehead atoms. The lowest BCUT2D eigenvalue weighted by molar-refractivity contribution is 0.414. The van der Waals surface area contributed by atoms with Crippen molar-refractivity contribution in [1.29, 1.82) is 0 Å². The van der Waals surface area contributed by atoms with Crippen LogP contribution in [0, 0.1) is 0 Å². The second kappa shape index (κ2) is 3.78. The number of benzene rings is 1. The van der Waals surface area contributed by atoms with E-state index in [9.17, 15) is 0 Å². The molecule has 0 aliphatic rings. The smallest absolute Gasteiger partial charge is 0.166 e. The number of halogens is 1. The number of nitrogens with two attached hydrogens (primary N) is 1. The fraction of sp³-hybridized carbons (Fsp3) is 0.111. The first-order valence-electron chi connectivity index (χ1n) is 4.22. The number of anilines is 1. The number of nitrogens with zero attached hydrogens (tertiary/aromatic N) is 3. The summed E-state index contributed by atoms with van der Waals surface area (Å²) in [4.78, 5) is 1.36. The van der Waals surface area contributed by atoms with Crippen LogP contribution in [-0.4, -0.2) is 22.1 Å². The number of aromatic nitrogens is 3. The molecule has 0 radical (unpaired) electrons. The van der Waals surface area contributed by atoms with Gasteiger partial charge in [-0.3, -0.25) is 0 Å². The van der Waals surface area contributed by atoms with E-state index in [2.05, 4.69) is 10.2 Å². The maximum absolute atomic E-state index is 6.00. The Kier molecular flexibility index (Phi) is 2.47. The average Bonchev–Trinajstić information content (AvgIpc) is 2.65. The summed E-state index contributed by atoms with van der Waals surface area (Å²) in [6.07, 6.45) is 1.45. The normalized spacial score (nSPS) is 10.3. The van der Waals surface area contributed by atoms with Gasteiger partial charge < -0.3 is 10.5 Å². The molecule has 0 saturated heterocycles. The molecule has 0 atom stereocenters. The molecule has 2 aromatic rings.